The summed E-state index contributed by atoms with van der Waals surface area (Å²) in [5.41, 5.74) is 5.53. The number of fused-ring (bicyclic) bond motifs is 1. The maximum absolute atomic E-state index is 6.60. The smallest absolute Gasteiger partial charge is 0.242 e. The minimum absolute atomic E-state index is 1.07. The minimum Gasteiger partial charge on any atom is -0.544 e. The second-order valence-corrected chi connectivity index (χ2v) is 17.5. The molecule has 0 fully saturated rings. The Morgan fingerprint density at radius 3 is 2.32 bits per heavy atom. The van der Waals surface area contributed by atoms with E-state index in [1.54, 1.807) is 0 Å². The third-order valence-electron chi connectivity index (χ3n) is 4.99. The quantitative estimate of drug-likeness (QED) is 0.699. The van der Waals surface area contributed by atoms with Crippen molar-refractivity contribution < 1.29 is 4.43 Å². The van der Waals surface area contributed by atoms with Gasteiger partial charge < -0.3 is 4.43 Å². The highest BCUT2D eigenvalue weighted by Gasteiger charge is 2.34. The summed E-state index contributed by atoms with van der Waals surface area (Å²) >= 11 is 0. The van der Waals surface area contributed by atoms with Crippen LogP contribution >= 0.6 is 0 Å². The van der Waals surface area contributed by atoms with Crippen molar-refractivity contribution in [2.75, 3.05) is 0 Å². The second kappa shape index (κ2) is 6.29. The lowest BCUT2D eigenvalue weighted by Crippen LogP contribution is -2.55. The van der Waals surface area contributed by atoms with Gasteiger partial charge in [-0.15, -0.1) is 0 Å². The molecule has 3 heteroatoms. The maximum atomic E-state index is 6.60. The van der Waals surface area contributed by atoms with E-state index in [0.717, 1.165) is 12.2 Å². The van der Waals surface area contributed by atoms with Gasteiger partial charge in [0.2, 0.25) is 8.32 Å². The summed E-state index contributed by atoms with van der Waals surface area (Å²) in [4.78, 5) is 0. The first kappa shape index (κ1) is 18.2. The summed E-state index contributed by atoms with van der Waals surface area (Å²) in [5.74, 6) is 1.15. The summed E-state index contributed by atoms with van der Waals surface area (Å²) in [7, 11) is -3.54. The van der Waals surface area contributed by atoms with Crippen LogP contribution in [0.1, 0.15) is 22.3 Å². The Bertz CT molecular complexity index is 842. The molecule has 0 saturated carbocycles. The Kier molecular flexibility index (Phi) is 4.58. The summed E-state index contributed by atoms with van der Waals surface area (Å²) in [6.07, 6.45) is 5.68. The van der Waals surface area contributed by atoms with E-state index < -0.39 is 16.4 Å². The first-order valence-corrected chi connectivity index (χ1v) is 15.6. The van der Waals surface area contributed by atoms with E-state index in [2.05, 4.69) is 89.1 Å². The standard InChI is InChI=1S/C22H30OSi2/c1-16-14-17(2)22(23-24(3,4)5)21(15-16)25(6,7)20-13-9-11-18-10-8-12-19(18)20/h8-9,11-15H,10H2,1-7H3. The van der Waals surface area contributed by atoms with E-state index in [1.807, 2.05) is 0 Å². The lowest BCUT2D eigenvalue weighted by Gasteiger charge is -2.32. The molecule has 1 aliphatic carbocycles. The van der Waals surface area contributed by atoms with E-state index in [9.17, 15) is 0 Å². The van der Waals surface area contributed by atoms with Gasteiger partial charge in [-0.1, -0.05) is 61.1 Å². The van der Waals surface area contributed by atoms with Crippen LogP contribution in [0.3, 0.4) is 0 Å². The Morgan fingerprint density at radius 1 is 0.920 bits per heavy atom. The molecule has 0 radical (unpaired) electrons. The first-order chi connectivity index (χ1) is 11.6. The van der Waals surface area contributed by atoms with Crippen molar-refractivity contribution in [3.8, 4) is 5.75 Å². The molecule has 2 aromatic carbocycles. The highest BCUT2D eigenvalue weighted by Crippen LogP contribution is 2.26. The summed E-state index contributed by atoms with van der Waals surface area (Å²) in [5, 5.41) is 2.98. The molecule has 0 aliphatic heterocycles. The highest BCUT2D eigenvalue weighted by molar-refractivity contribution is 7.01. The van der Waals surface area contributed by atoms with Crippen molar-refractivity contribution in [3.63, 3.8) is 0 Å². The summed E-state index contributed by atoms with van der Waals surface area (Å²) < 4.78 is 6.60. The zero-order valence-corrected chi connectivity index (χ0v) is 18.7. The molecule has 1 aliphatic rings. The third-order valence-corrected chi connectivity index (χ3v) is 9.31. The molecule has 132 valence electrons. The van der Waals surface area contributed by atoms with Crippen molar-refractivity contribution in [2.24, 2.45) is 0 Å². The molecule has 0 unspecified atom stereocenters. The van der Waals surface area contributed by atoms with Crippen molar-refractivity contribution >= 4 is 32.8 Å². The van der Waals surface area contributed by atoms with E-state index in [1.165, 1.54) is 32.6 Å². The lowest BCUT2D eigenvalue weighted by atomic mass is 10.1. The van der Waals surface area contributed by atoms with Gasteiger partial charge >= 0.3 is 0 Å². The molecule has 0 N–H and O–H groups in total. The van der Waals surface area contributed by atoms with Crippen molar-refractivity contribution in [2.45, 2.75) is 53.0 Å². The van der Waals surface area contributed by atoms with Crippen LogP contribution in [0.15, 0.2) is 36.4 Å². The Hall–Kier alpha value is -1.59. The average molecular weight is 367 g/mol. The Labute approximate surface area is 154 Å². The predicted molar refractivity (Wildman–Crippen MR) is 116 cm³/mol. The van der Waals surface area contributed by atoms with Gasteiger partial charge in [0.1, 0.15) is 13.8 Å². The summed E-state index contributed by atoms with van der Waals surface area (Å²) in [6.45, 7) is 16.2. The van der Waals surface area contributed by atoms with Gasteiger partial charge in [-0.05, 0) is 67.0 Å². The normalized spacial score (nSPS) is 13.9. The van der Waals surface area contributed by atoms with Gasteiger partial charge in [0.15, 0.2) is 0 Å². The molecule has 0 bridgehead atoms. The predicted octanol–water partition coefficient (Wildman–Crippen LogP) is 4.91. The first-order valence-electron chi connectivity index (χ1n) is 9.19. The largest absolute Gasteiger partial charge is 0.544 e. The zero-order valence-electron chi connectivity index (χ0n) is 16.7. The molecule has 0 amide bonds. The van der Waals surface area contributed by atoms with Crippen LogP contribution in [0.4, 0.5) is 0 Å². The molecular formula is C22H30OSi2. The topological polar surface area (TPSA) is 9.23 Å². The molecule has 3 rings (SSSR count). The van der Waals surface area contributed by atoms with Gasteiger partial charge in [0, 0.05) is 0 Å². The van der Waals surface area contributed by atoms with Gasteiger partial charge in [0.25, 0.3) is 0 Å². The van der Waals surface area contributed by atoms with Crippen LogP contribution in [-0.4, -0.2) is 16.4 Å². The van der Waals surface area contributed by atoms with Crippen LogP contribution in [0.25, 0.3) is 6.08 Å². The molecular weight excluding hydrogens is 336 g/mol. The van der Waals surface area contributed by atoms with Crippen LogP contribution in [0.2, 0.25) is 32.7 Å². The number of benzene rings is 2. The molecule has 2 aromatic rings. The van der Waals surface area contributed by atoms with Crippen molar-refractivity contribution in [1.82, 2.24) is 0 Å². The molecule has 0 saturated heterocycles. The SMILES string of the molecule is Cc1cc(C)c(O[Si](C)(C)C)c([Si](C)(C)c2cccc3c2C=CC3)c1. The molecule has 0 atom stereocenters. The fourth-order valence-corrected chi connectivity index (χ4v) is 7.95. The summed E-state index contributed by atoms with van der Waals surface area (Å²) in [6, 6.07) is 11.5. The lowest BCUT2D eigenvalue weighted by molar-refractivity contribution is 0.557. The zero-order chi connectivity index (χ0) is 18.4. The van der Waals surface area contributed by atoms with Gasteiger partial charge in [-0.3, -0.25) is 0 Å². The van der Waals surface area contributed by atoms with E-state index in [0.29, 0.717) is 0 Å². The van der Waals surface area contributed by atoms with Crippen LogP contribution in [0.5, 0.6) is 5.75 Å². The average Bonchev–Trinajstić information content (AvgIpc) is 2.96. The molecule has 1 nitrogen and oxygen atoms in total. The maximum Gasteiger partial charge on any atom is 0.242 e. The molecule has 0 heterocycles. The number of aryl methyl sites for hydroxylation is 2. The molecule has 0 aromatic heterocycles. The van der Waals surface area contributed by atoms with Crippen LogP contribution in [0, 0.1) is 13.8 Å². The van der Waals surface area contributed by atoms with E-state index in [4.69, 9.17) is 4.43 Å². The monoisotopic (exact) mass is 366 g/mol. The fraction of sp³-hybridized carbons (Fsp3) is 0.364. The molecule has 25 heavy (non-hydrogen) atoms. The number of hydrogen-bond acceptors (Lipinski definition) is 1. The number of hydrogen-bond donors (Lipinski definition) is 0. The third kappa shape index (κ3) is 3.53. The van der Waals surface area contributed by atoms with Crippen LogP contribution < -0.4 is 14.8 Å². The Balaban J connectivity index is 2.21. The number of allylic oxidation sites excluding steroid dienone is 1. The highest BCUT2D eigenvalue weighted by atomic mass is 28.4. The Morgan fingerprint density at radius 2 is 1.64 bits per heavy atom. The van der Waals surface area contributed by atoms with Gasteiger partial charge in [-0.2, -0.15) is 0 Å². The van der Waals surface area contributed by atoms with Gasteiger partial charge in [0.05, 0.1) is 0 Å². The fourth-order valence-electron chi connectivity index (χ4n) is 3.84. The van der Waals surface area contributed by atoms with E-state index >= 15 is 0 Å². The van der Waals surface area contributed by atoms with Gasteiger partial charge in [-0.25, -0.2) is 0 Å². The van der Waals surface area contributed by atoms with E-state index in [-0.39, 0.29) is 0 Å². The second-order valence-electron chi connectivity index (χ2n) is 8.78. The molecule has 0 spiro atoms. The van der Waals surface area contributed by atoms with Crippen molar-refractivity contribution in [3.05, 3.63) is 58.7 Å². The van der Waals surface area contributed by atoms with Crippen molar-refractivity contribution in [1.29, 1.82) is 0 Å². The number of rotatable bonds is 4. The minimum atomic E-state index is -1.87. The van der Waals surface area contributed by atoms with Crippen LogP contribution in [-0.2, 0) is 6.42 Å².